The molecule has 27 heavy (non-hydrogen) atoms. The summed E-state index contributed by atoms with van der Waals surface area (Å²) in [7, 11) is 0. The van der Waals surface area contributed by atoms with Crippen LogP contribution in [-0.2, 0) is 11.3 Å². The van der Waals surface area contributed by atoms with Gasteiger partial charge < -0.3 is 10.4 Å². The molecule has 2 saturated heterocycles. The quantitative estimate of drug-likeness (QED) is 0.607. The number of hydrogen-bond acceptors (Lipinski definition) is 7. The van der Waals surface area contributed by atoms with Crippen molar-refractivity contribution in [1.29, 1.82) is 0 Å². The number of hydrogen-bond donors (Lipinski definition) is 4. The Morgan fingerprint density at radius 2 is 2.19 bits per heavy atom. The lowest BCUT2D eigenvalue weighted by Gasteiger charge is -2.36. The Labute approximate surface area is 162 Å². The maximum Gasteiger partial charge on any atom is 0.238 e. The molecule has 144 valence electrons. The van der Waals surface area contributed by atoms with Crippen LogP contribution in [-0.4, -0.2) is 52.2 Å². The summed E-state index contributed by atoms with van der Waals surface area (Å²) >= 11 is 1.58. The lowest BCUT2D eigenvalue weighted by Crippen LogP contribution is -2.56. The number of β-amino-alcohol motifs (C(OH)–C–C–N with tert-alkyl or cyclic N) is 1. The van der Waals surface area contributed by atoms with Crippen LogP contribution in [0.25, 0.3) is 0 Å². The van der Waals surface area contributed by atoms with Crippen molar-refractivity contribution in [3.05, 3.63) is 52.5 Å². The minimum atomic E-state index is -0.569. The van der Waals surface area contributed by atoms with E-state index in [9.17, 15) is 9.90 Å². The van der Waals surface area contributed by atoms with E-state index in [1.807, 2.05) is 29.1 Å². The molecule has 1 aromatic heterocycles. The maximum absolute atomic E-state index is 12.6. The Hall–Kier alpha value is -1.84. The second-order valence-corrected chi connectivity index (χ2v) is 7.94. The lowest BCUT2D eigenvalue weighted by atomic mass is 9.99. The first kappa shape index (κ1) is 18.5. The van der Waals surface area contributed by atoms with Crippen LogP contribution in [0.2, 0.25) is 0 Å². The number of nitrogens with one attached hydrogen (secondary N) is 3. The van der Waals surface area contributed by atoms with E-state index in [2.05, 4.69) is 38.2 Å². The fourth-order valence-electron chi connectivity index (χ4n) is 3.77. The van der Waals surface area contributed by atoms with E-state index in [1.165, 1.54) is 0 Å². The normalized spacial score (nSPS) is 28.9. The van der Waals surface area contributed by atoms with Crippen LogP contribution in [0.15, 0.2) is 41.2 Å². The van der Waals surface area contributed by atoms with Gasteiger partial charge in [-0.25, -0.2) is 15.8 Å². The zero-order chi connectivity index (χ0) is 18.6. The minimum absolute atomic E-state index is 0.0575. The smallest absolute Gasteiger partial charge is 0.238 e. The maximum atomic E-state index is 12.6. The topological polar surface area (TPSA) is 89.5 Å². The molecule has 4 N–H and O–H groups in total. The third-order valence-electron chi connectivity index (χ3n) is 5.28. The molecule has 1 amide bonds. The van der Waals surface area contributed by atoms with Gasteiger partial charge in [-0.05, 0) is 18.4 Å². The Bertz CT molecular complexity index is 742. The van der Waals surface area contributed by atoms with Crippen molar-refractivity contribution in [1.82, 2.24) is 26.1 Å². The van der Waals surface area contributed by atoms with Gasteiger partial charge in [-0.3, -0.25) is 9.69 Å². The number of carbonyl (C=O) groups excluding carboxylic acids is 1. The van der Waals surface area contributed by atoms with Gasteiger partial charge in [-0.1, -0.05) is 30.3 Å². The van der Waals surface area contributed by atoms with E-state index < -0.39 is 6.10 Å². The molecular formula is C19H25N5O2S. The van der Waals surface area contributed by atoms with E-state index in [0.29, 0.717) is 13.0 Å². The molecule has 2 aliphatic heterocycles. The first-order valence-electron chi connectivity index (χ1n) is 9.33. The molecule has 8 heteroatoms. The van der Waals surface area contributed by atoms with Crippen LogP contribution in [0, 0.1) is 0 Å². The Balaban J connectivity index is 1.26. The third-order valence-corrected chi connectivity index (χ3v) is 5.92. The van der Waals surface area contributed by atoms with Crippen molar-refractivity contribution in [3.63, 3.8) is 0 Å². The number of likely N-dealkylation sites (tertiary alicyclic amines) is 1. The molecule has 2 unspecified atom stereocenters. The summed E-state index contributed by atoms with van der Waals surface area (Å²) in [5.41, 5.74) is 10.3. The third kappa shape index (κ3) is 4.53. The Morgan fingerprint density at radius 3 is 2.93 bits per heavy atom. The molecule has 1 aromatic carbocycles. The van der Waals surface area contributed by atoms with E-state index in [4.69, 9.17) is 0 Å². The molecule has 4 rings (SSSR count). The summed E-state index contributed by atoms with van der Waals surface area (Å²) in [5.74, 6) is -0.0575. The van der Waals surface area contributed by atoms with E-state index in [1.54, 1.807) is 11.3 Å². The fourth-order valence-corrected chi connectivity index (χ4v) is 4.32. The van der Waals surface area contributed by atoms with Crippen molar-refractivity contribution < 1.29 is 9.90 Å². The number of piperidine rings is 1. The summed E-state index contributed by atoms with van der Waals surface area (Å²) < 4.78 is 0. The number of benzene rings is 1. The number of hydrazine groups is 1. The van der Waals surface area contributed by atoms with E-state index in [0.717, 1.165) is 30.8 Å². The Morgan fingerprint density at radius 1 is 1.33 bits per heavy atom. The molecule has 2 aliphatic rings. The molecule has 0 spiro atoms. The molecule has 2 fully saturated rings. The summed E-state index contributed by atoms with van der Waals surface area (Å²) in [6.07, 6.45) is 0.856. The average Bonchev–Trinajstić information content (AvgIpc) is 3.37. The molecule has 0 bridgehead atoms. The lowest BCUT2D eigenvalue weighted by molar-refractivity contribution is -0.125. The molecule has 0 radical (unpaired) electrons. The van der Waals surface area contributed by atoms with Gasteiger partial charge in [0.05, 0.1) is 23.4 Å². The monoisotopic (exact) mass is 387 g/mol. The van der Waals surface area contributed by atoms with Gasteiger partial charge in [-0.2, -0.15) is 0 Å². The summed E-state index contributed by atoms with van der Waals surface area (Å²) in [6, 6.07) is 9.71. The van der Waals surface area contributed by atoms with Crippen molar-refractivity contribution in [2.45, 2.75) is 43.6 Å². The number of carbonyl (C=O) groups is 1. The standard InChI is InChI=1S/C19H25N5O2S/c25-18-10-24(9-14-11-27-12-20-14)7-6-15(18)21-19(26)17-8-16(22-23-17)13-4-2-1-3-5-13/h1-5,11-12,15-18,22-23,25H,6-10H2,(H,21,26)/t15-,16?,17?,18-/m1/s1. The Kier molecular flexibility index (Phi) is 5.80. The van der Waals surface area contributed by atoms with Gasteiger partial charge in [0.1, 0.15) is 6.04 Å². The number of rotatable bonds is 5. The number of aliphatic hydroxyl groups excluding tert-OH is 1. The SMILES string of the molecule is O=C(N[C@@H]1CCN(Cc2cscn2)C[C@H]1O)C1CC(c2ccccc2)NN1. The molecular weight excluding hydrogens is 362 g/mol. The van der Waals surface area contributed by atoms with Gasteiger partial charge in [0.25, 0.3) is 0 Å². The van der Waals surface area contributed by atoms with Crippen LogP contribution in [0.3, 0.4) is 0 Å². The van der Waals surface area contributed by atoms with Crippen LogP contribution in [0.4, 0.5) is 0 Å². The van der Waals surface area contributed by atoms with Crippen molar-refractivity contribution in [2.75, 3.05) is 13.1 Å². The van der Waals surface area contributed by atoms with Gasteiger partial charge in [0, 0.05) is 31.1 Å². The van der Waals surface area contributed by atoms with Crippen LogP contribution in [0.1, 0.15) is 30.1 Å². The number of aromatic nitrogens is 1. The highest BCUT2D eigenvalue weighted by Crippen LogP contribution is 2.22. The van der Waals surface area contributed by atoms with E-state index >= 15 is 0 Å². The van der Waals surface area contributed by atoms with Crippen molar-refractivity contribution in [3.8, 4) is 0 Å². The zero-order valence-corrected chi connectivity index (χ0v) is 15.9. The van der Waals surface area contributed by atoms with Gasteiger partial charge in [0.2, 0.25) is 5.91 Å². The fraction of sp³-hybridized carbons (Fsp3) is 0.474. The highest BCUT2D eigenvalue weighted by molar-refractivity contribution is 7.07. The summed E-state index contributed by atoms with van der Waals surface area (Å²) in [6.45, 7) is 2.13. The molecule has 2 aromatic rings. The molecule has 7 nitrogen and oxygen atoms in total. The van der Waals surface area contributed by atoms with E-state index in [-0.39, 0.29) is 24.0 Å². The molecule has 3 heterocycles. The second kappa shape index (κ2) is 8.45. The number of aliphatic hydroxyl groups is 1. The highest BCUT2D eigenvalue weighted by atomic mass is 32.1. The average molecular weight is 388 g/mol. The summed E-state index contributed by atoms with van der Waals surface area (Å²) in [4.78, 5) is 19.1. The summed E-state index contributed by atoms with van der Waals surface area (Å²) in [5, 5.41) is 15.5. The van der Waals surface area contributed by atoms with Crippen LogP contribution in [0.5, 0.6) is 0 Å². The number of nitrogens with zero attached hydrogens (tertiary/aromatic N) is 2. The van der Waals surface area contributed by atoms with Crippen molar-refractivity contribution in [2.24, 2.45) is 0 Å². The second-order valence-electron chi connectivity index (χ2n) is 7.23. The molecule has 4 atom stereocenters. The highest BCUT2D eigenvalue weighted by Gasteiger charge is 2.34. The predicted molar refractivity (Wildman–Crippen MR) is 104 cm³/mol. The van der Waals surface area contributed by atoms with Gasteiger partial charge in [0.15, 0.2) is 0 Å². The number of thiazole rings is 1. The first-order chi connectivity index (χ1) is 13.2. The van der Waals surface area contributed by atoms with Gasteiger partial charge >= 0.3 is 0 Å². The minimum Gasteiger partial charge on any atom is -0.390 e. The molecule has 0 aliphatic carbocycles. The van der Waals surface area contributed by atoms with Gasteiger partial charge in [-0.15, -0.1) is 11.3 Å². The van der Waals surface area contributed by atoms with Crippen molar-refractivity contribution >= 4 is 17.2 Å². The zero-order valence-electron chi connectivity index (χ0n) is 15.0. The largest absolute Gasteiger partial charge is 0.390 e. The first-order valence-corrected chi connectivity index (χ1v) is 10.3. The molecule has 0 saturated carbocycles. The number of amides is 1. The van der Waals surface area contributed by atoms with Crippen LogP contribution < -0.4 is 16.2 Å². The predicted octanol–water partition coefficient (Wildman–Crippen LogP) is 0.802. The van der Waals surface area contributed by atoms with Crippen LogP contribution >= 0.6 is 11.3 Å².